The normalized spacial score (nSPS) is 17.6. The molecule has 1 aromatic carbocycles. The fourth-order valence-corrected chi connectivity index (χ4v) is 6.13. The van der Waals surface area contributed by atoms with E-state index < -0.39 is 0 Å². The molecule has 7 rings (SSSR count). The van der Waals surface area contributed by atoms with E-state index in [1.54, 1.807) is 6.33 Å². The summed E-state index contributed by atoms with van der Waals surface area (Å²) in [7, 11) is 1.91. The number of imidazole rings is 1. The molecular formula is C28H29N11O. The van der Waals surface area contributed by atoms with E-state index in [9.17, 15) is 10.1 Å². The number of fused-ring (bicyclic) bond motifs is 2. The number of nitrogens with one attached hydrogen (secondary N) is 2. The van der Waals surface area contributed by atoms with Gasteiger partial charge in [0.15, 0.2) is 0 Å². The van der Waals surface area contributed by atoms with Crippen molar-refractivity contribution < 1.29 is 4.79 Å². The highest BCUT2D eigenvalue weighted by atomic mass is 16.2. The minimum atomic E-state index is -0.369. The van der Waals surface area contributed by atoms with E-state index >= 15 is 0 Å². The number of benzene rings is 1. The van der Waals surface area contributed by atoms with Crippen molar-refractivity contribution in [2.75, 3.05) is 31.5 Å². The lowest BCUT2D eigenvalue weighted by atomic mass is 9.84. The number of nitriles is 1. The molecule has 0 radical (unpaired) electrons. The maximum Gasteiger partial charge on any atom is 0.324 e. The van der Waals surface area contributed by atoms with E-state index in [1.807, 2.05) is 70.1 Å². The molecule has 202 valence electrons. The third kappa shape index (κ3) is 3.97. The van der Waals surface area contributed by atoms with Gasteiger partial charge in [-0.25, -0.2) is 19.7 Å². The third-order valence-corrected chi connectivity index (χ3v) is 8.37. The average molecular weight is 536 g/mol. The molecule has 0 spiro atoms. The van der Waals surface area contributed by atoms with Crippen molar-refractivity contribution in [3.05, 3.63) is 55.2 Å². The van der Waals surface area contributed by atoms with E-state index in [-0.39, 0.29) is 11.6 Å². The quantitative estimate of drug-likeness (QED) is 0.352. The molecular weight excluding hydrogens is 506 g/mol. The van der Waals surface area contributed by atoms with Crippen LogP contribution in [0.1, 0.15) is 19.3 Å². The van der Waals surface area contributed by atoms with Gasteiger partial charge < -0.3 is 14.5 Å². The van der Waals surface area contributed by atoms with Crippen molar-refractivity contribution in [1.29, 1.82) is 5.26 Å². The van der Waals surface area contributed by atoms with E-state index in [0.29, 0.717) is 31.5 Å². The van der Waals surface area contributed by atoms with Crippen LogP contribution in [0, 0.1) is 11.3 Å². The SMILES string of the molecule is Cn1c(NC(=O)N2CCC(N3CC(CC#N)(n4cc(-c5ncnc6[nH]ccc56)cn4)C3)CC2)nc2ccccc21. The van der Waals surface area contributed by atoms with Gasteiger partial charge in [-0.1, -0.05) is 12.1 Å². The van der Waals surface area contributed by atoms with Gasteiger partial charge in [0.25, 0.3) is 0 Å². The number of nitrogens with zero attached hydrogens (tertiary/aromatic N) is 9. The number of aromatic nitrogens is 7. The lowest BCUT2D eigenvalue weighted by Gasteiger charge is -2.53. The summed E-state index contributed by atoms with van der Waals surface area (Å²) in [5, 5.41) is 18.3. The van der Waals surface area contributed by atoms with Crippen molar-refractivity contribution in [3.8, 4) is 17.3 Å². The average Bonchev–Trinajstić information content (AvgIpc) is 3.70. The highest BCUT2D eigenvalue weighted by molar-refractivity contribution is 5.91. The largest absolute Gasteiger partial charge is 0.346 e. The van der Waals surface area contributed by atoms with E-state index in [4.69, 9.17) is 0 Å². The molecule has 0 bridgehead atoms. The fraction of sp³-hybridized carbons (Fsp3) is 0.357. The van der Waals surface area contributed by atoms with E-state index in [0.717, 1.165) is 59.3 Å². The molecule has 6 heterocycles. The molecule has 2 amide bonds. The van der Waals surface area contributed by atoms with Crippen LogP contribution in [0.2, 0.25) is 0 Å². The van der Waals surface area contributed by atoms with Crippen LogP contribution in [0.3, 0.4) is 0 Å². The van der Waals surface area contributed by atoms with Gasteiger partial charge in [-0.05, 0) is 31.0 Å². The third-order valence-electron chi connectivity index (χ3n) is 8.37. The zero-order chi connectivity index (χ0) is 27.3. The molecule has 2 aliphatic rings. The summed E-state index contributed by atoms with van der Waals surface area (Å²) in [6.45, 7) is 2.85. The number of likely N-dealkylation sites (tertiary alicyclic amines) is 2. The van der Waals surface area contributed by atoms with Crippen molar-refractivity contribution in [2.24, 2.45) is 7.05 Å². The number of amides is 2. The van der Waals surface area contributed by atoms with Gasteiger partial charge in [-0.3, -0.25) is 14.9 Å². The van der Waals surface area contributed by atoms with Crippen molar-refractivity contribution in [1.82, 2.24) is 44.1 Å². The second-order valence-electron chi connectivity index (χ2n) is 10.7. The first-order valence-electron chi connectivity index (χ1n) is 13.5. The standard InChI is InChI=1S/C28H29N11O/c1-36-23-5-3-2-4-22(23)34-26(36)35-27(40)37-12-7-20(8-13-37)38-16-28(17-38,9-10-29)39-15-19(14-33-39)24-21-6-11-30-25(21)32-18-31-24/h2-6,11,14-15,18,20H,7-9,12-13,16-17H2,1H3,(H,30,31,32)(H,34,35,40). The number of para-hydroxylation sites is 2. The molecule has 0 saturated carbocycles. The molecule has 40 heavy (non-hydrogen) atoms. The highest BCUT2D eigenvalue weighted by Crippen LogP contribution is 2.37. The number of carbonyl (C=O) groups excluding carboxylic acids is 1. The van der Waals surface area contributed by atoms with E-state index in [2.05, 4.69) is 41.3 Å². The zero-order valence-electron chi connectivity index (χ0n) is 22.2. The van der Waals surface area contributed by atoms with Gasteiger partial charge in [0.05, 0.1) is 35.4 Å². The first-order valence-corrected chi connectivity index (χ1v) is 13.5. The lowest BCUT2D eigenvalue weighted by Crippen LogP contribution is -2.66. The van der Waals surface area contributed by atoms with Crippen LogP contribution >= 0.6 is 0 Å². The molecule has 12 heteroatoms. The molecule has 2 N–H and O–H groups in total. The fourth-order valence-electron chi connectivity index (χ4n) is 6.13. The Hall–Kier alpha value is -4.76. The van der Waals surface area contributed by atoms with Crippen LogP contribution in [0.4, 0.5) is 10.7 Å². The summed E-state index contributed by atoms with van der Waals surface area (Å²) < 4.78 is 3.85. The number of anilines is 1. The number of rotatable bonds is 5. The second-order valence-corrected chi connectivity index (χ2v) is 10.7. The van der Waals surface area contributed by atoms with Gasteiger partial charge in [0.2, 0.25) is 5.95 Å². The molecule has 2 fully saturated rings. The van der Waals surface area contributed by atoms with Crippen molar-refractivity contribution >= 4 is 34.0 Å². The van der Waals surface area contributed by atoms with Gasteiger partial charge >= 0.3 is 6.03 Å². The second kappa shape index (κ2) is 9.46. The van der Waals surface area contributed by atoms with Gasteiger partial charge in [0.1, 0.15) is 17.5 Å². The molecule has 2 saturated heterocycles. The summed E-state index contributed by atoms with van der Waals surface area (Å²) in [5.41, 5.74) is 3.98. The Bertz CT molecular complexity index is 1740. The van der Waals surface area contributed by atoms with Gasteiger partial charge in [0, 0.05) is 62.6 Å². The van der Waals surface area contributed by atoms with Crippen LogP contribution in [-0.4, -0.2) is 82.3 Å². The number of aryl methyl sites for hydroxylation is 1. The van der Waals surface area contributed by atoms with Crippen LogP contribution in [-0.2, 0) is 12.6 Å². The van der Waals surface area contributed by atoms with Crippen LogP contribution in [0.5, 0.6) is 0 Å². The molecule has 4 aromatic heterocycles. The Morgan fingerprint density at radius 3 is 2.83 bits per heavy atom. The summed E-state index contributed by atoms with van der Waals surface area (Å²) in [6.07, 6.45) is 9.37. The van der Waals surface area contributed by atoms with Crippen molar-refractivity contribution in [2.45, 2.75) is 30.8 Å². The maximum atomic E-state index is 13.0. The van der Waals surface area contributed by atoms with Crippen molar-refractivity contribution in [3.63, 3.8) is 0 Å². The summed E-state index contributed by atoms with van der Waals surface area (Å²) in [4.78, 5) is 33.7. The summed E-state index contributed by atoms with van der Waals surface area (Å²) >= 11 is 0. The smallest absolute Gasteiger partial charge is 0.324 e. The topological polar surface area (TPSA) is 137 Å². The first-order chi connectivity index (χ1) is 19.5. The van der Waals surface area contributed by atoms with Crippen LogP contribution < -0.4 is 5.32 Å². The van der Waals surface area contributed by atoms with Crippen LogP contribution in [0.25, 0.3) is 33.3 Å². The Labute approximate surface area is 230 Å². The van der Waals surface area contributed by atoms with Gasteiger partial charge in [-0.2, -0.15) is 10.4 Å². The first kappa shape index (κ1) is 24.3. The molecule has 5 aromatic rings. The monoisotopic (exact) mass is 535 g/mol. The predicted molar refractivity (Wildman–Crippen MR) is 149 cm³/mol. The molecule has 0 unspecified atom stereocenters. The number of hydrogen-bond acceptors (Lipinski definition) is 7. The Morgan fingerprint density at radius 1 is 1.20 bits per heavy atom. The Morgan fingerprint density at radius 2 is 2.02 bits per heavy atom. The number of hydrogen-bond donors (Lipinski definition) is 2. The number of piperidine rings is 1. The number of urea groups is 1. The number of H-pyrrole nitrogens is 1. The molecule has 0 atom stereocenters. The minimum absolute atomic E-state index is 0.121. The number of aromatic amines is 1. The Kier molecular flexibility index (Phi) is 5.74. The summed E-state index contributed by atoms with van der Waals surface area (Å²) in [6, 6.07) is 12.4. The van der Waals surface area contributed by atoms with Crippen LogP contribution in [0.15, 0.2) is 55.2 Å². The number of carbonyl (C=O) groups is 1. The predicted octanol–water partition coefficient (Wildman–Crippen LogP) is 3.33. The van der Waals surface area contributed by atoms with Gasteiger partial charge in [-0.15, -0.1) is 0 Å². The minimum Gasteiger partial charge on any atom is -0.346 e. The molecule has 0 aliphatic carbocycles. The highest BCUT2D eigenvalue weighted by Gasteiger charge is 2.48. The summed E-state index contributed by atoms with van der Waals surface area (Å²) in [5.74, 6) is 0.551. The molecule has 12 nitrogen and oxygen atoms in total. The maximum absolute atomic E-state index is 13.0. The van der Waals surface area contributed by atoms with E-state index in [1.165, 1.54) is 0 Å². The lowest BCUT2D eigenvalue weighted by molar-refractivity contribution is -0.0399. The Balaban J connectivity index is 0.991. The molecule has 2 aliphatic heterocycles. The zero-order valence-corrected chi connectivity index (χ0v) is 22.2.